The molecule has 1 aliphatic heterocycles. The Kier molecular flexibility index (Phi) is 3.60. The van der Waals surface area contributed by atoms with E-state index in [1.54, 1.807) is 0 Å². The van der Waals surface area contributed by atoms with Crippen LogP contribution >= 0.6 is 15.9 Å². The molecule has 2 atom stereocenters. The molecular weight excluding hydrogens is 288 g/mol. The molecule has 2 fully saturated rings. The molecule has 1 aliphatic carbocycles. The van der Waals surface area contributed by atoms with Gasteiger partial charge in [0, 0.05) is 19.3 Å². The zero-order valence-corrected chi connectivity index (χ0v) is 12.6. The van der Waals surface area contributed by atoms with Crippen molar-refractivity contribution < 1.29 is 0 Å². The zero-order valence-electron chi connectivity index (χ0n) is 11.0. The normalized spacial score (nSPS) is 28.0. The van der Waals surface area contributed by atoms with E-state index in [4.69, 9.17) is 0 Å². The number of aryl methyl sites for hydroxylation is 1. The maximum atomic E-state index is 4.62. The first kappa shape index (κ1) is 12.5. The van der Waals surface area contributed by atoms with Crippen LogP contribution in [0.1, 0.15) is 37.7 Å². The smallest absolute Gasteiger partial charge is 0.142 e. The second kappa shape index (κ2) is 5.20. The van der Waals surface area contributed by atoms with Gasteiger partial charge in [-0.05, 0) is 59.2 Å². The van der Waals surface area contributed by atoms with Crippen LogP contribution in [0.5, 0.6) is 0 Å². The Bertz CT molecular complexity index is 433. The summed E-state index contributed by atoms with van der Waals surface area (Å²) >= 11 is 3.67. The third kappa shape index (κ3) is 2.42. The van der Waals surface area contributed by atoms with Crippen LogP contribution in [0.4, 0.5) is 5.82 Å². The number of halogens is 1. The maximum absolute atomic E-state index is 4.62. The summed E-state index contributed by atoms with van der Waals surface area (Å²) in [7, 11) is 0. The summed E-state index contributed by atoms with van der Waals surface area (Å²) in [5.41, 5.74) is 1.22. The summed E-state index contributed by atoms with van der Waals surface area (Å²) in [6.45, 7) is 4.48. The topological polar surface area (TPSA) is 16.1 Å². The quantitative estimate of drug-likeness (QED) is 0.774. The van der Waals surface area contributed by atoms with Crippen molar-refractivity contribution in [1.29, 1.82) is 0 Å². The Morgan fingerprint density at radius 1 is 1.22 bits per heavy atom. The number of hydrogen-bond donors (Lipinski definition) is 0. The Balaban J connectivity index is 1.77. The molecule has 18 heavy (non-hydrogen) atoms. The van der Waals surface area contributed by atoms with Gasteiger partial charge < -0.3 is 4.90 Å². The van der Waals surface area contributed by atoms with E-state index in [-0.39, 0.29) is 0 Å². The van der Waals surface area contributed by atoms with Crippen molar-refractivity contribution in [3.05, 3.63) is 22.3 Å². The number of piperidine rings is 1. The zero-order chi connectivity index (χ0) is 12.5. The van der Waals surface area contributed by atoms with Crippen molar-refractivity contribution in [2.75, 3.05) is 18.0 Å². The molecule has 0 bridgehead atoms. The van der Waals surface area contributed by atoms with Crippen molar-refractivity contribution in [1.82, 2.24) is 4.98 Å². The highest BCUT2D eigenvalue weighted by atomic mass is 79.9. The molecule has 2 nitrogen and oxygen atoms in total. The van der Waals surface area contributed by atoms with Gasteiger partial charge in [-0.2, -0.15) is 0 Å². The molecule has 2 heterocycles. The Hall–Kier alpha value is -0.570. The molecule has 1 aromatic rings. The fourth-order valence-corrected chi connectivity index (χ4v) is 4.27. The molecule has 3 rings (SSSR count). The third-order valence-electron chi connectivity index (χ3n) is 4.55. The van der Waals surface area contributed by atoms with Crippen molar-refractivity contribution in [2.24, 2.45) is 11.8 Å². The van der Waals surface area contributed by atoms with Gasteiger partial charge in [0.1, 0.15) is 5.82 Å². The first-order valence-corrected chi connectivity index (χ1v) is 7.90. The standard InChI is InChI=1S/C15H21BrN2/c1-11-8-14(16)15(17-9-11)18-7-6-12-4-2-3-5-13(12)10-18/h8-9,12-13H,2-7,10H2,1H3. The number of nitrogens with zero attached hydrogens (tertiary/aromatic N) is 2. The fraction of sp³-hybridized carbons (Fsp3) is 0.667. The van der Waals surface area contributed by atoms with Gasteiger partial charge in [0.15, 0.2) is 0 Å². The third-order valence-corrected chi connectivity index (χ3v) is 5.13. The summed E-state index contributed by atoms with van der Waals surface area (Å²) in [5, 5.41) is 0. The SMILES string of the molecule is Cc1cnc(N2CCC3CCCCC3C2)c(Br)c1. The van der Waals surface area contributed by atoms with Gasteiger partial charge in [0.25, 0.3) is 0 Å². The molecule has 0 aromatic carbocycles. The minimum absolute atomic E-state index is 0.905. The summed E-state index contributed by atoms with van der Waals surface area (Å²) in [5.74, 6) is 3.03. The molecule has 0 spiro atoms. The number of rotatable bonds is 1. The number of hydrogen-bond acceptors (Lipinski definition) is 2. The highest BCUT2D eigenvalue weighted by molar-refractivity contribution is 9.10. The van der Waals surface area contributed by atoms with E-state index in [2.05, 4.69) is 38.8 Å². The summed E-state index contributed by atoms with van der Waals surface area (Å²) in [4.78, 5) is 7.10. The van der Waals surface area contributed by atoms with Crippen molar-refractivity contribution in [3.8, 4) is 0 Å². The minimum atomic E-state index is 0.905. The van der Waals surface area contributed by atoms with Crippen LogP contribution in [0.25, 0.3) is 0 Å². The highest BCUT2D eigenvalue weighted by Crippen LogP contribution is 2.38. The molecule has 3 heteroatoms. The lowest BCUT2D eigenvalue weighted by molar-refractivity contribution is 0.202. The second-order valence-corrected chi connectivity index (χ2v) is 6.71. The van der Waals surface area contributed by atoms with Crippen molar-refractivity contribution in [2.45, 2.75) is 39.0 Å². The predicted molar refractivity (Wildman–Crippen MR) is 79.0 cm³/mol. The molecule has 1 saturated carbocycles. The summed E-state index contributed by atoms with van der Waals surface area (Å²) in [6.07, 6.45) is 9.09. The van der Waals surface area contributed by atoms with Crippen LogP contribution in [-0.2, 0) is 0 Å². The van der Waals surface area contributed by atoms with Crippen LogP contribution in [-0.4, -0.2) is 18.1 Å². The average Bonchev–Trinajstić information content (AvgIpc) is 2.38. The van der Waals surface area contributed by atoms with Gasteiger partial charge in [0.05, 0.1) is 4.47 Å². The van der Waals surface area contributed by atoms with E-state index in [0.29, 0.717) is 0 Å². The minimum Gasteiger partial charge on any atom is -0.355 e. The number of fused-ring (bicyclic) bond motifs is 1. The highest BCUT2D eigenvalue weighted by Gasteiger charge is 2.31. The van der Waals surface area contributed by atoms with E-state index in [0.717, 1.165) is 22.1 Å². The summed E-state index contributed by atoms with van der Waals surface area (Å²) < 4.78 is 1.15. The van der Waals surface area contributed by atoms with Crippen LogP contribution in [0.2, 0.25) is 0 Å². The van der Waals surface area contributed by atoms with Crippen LogP contribution in [0.15, 0.2) is 16.7 Å². The number of pyridine rings is 1. The lowest BCUT2D eigenvalue weighted by Crippen LogP contribution is -2.42. The molecule has 0 amide bonds. The van der Waals surface area contributed by atoms with Gasteiger partial charge >= 0.3 is 0 Å². The number of aromatic nitrogens is 1. The average molecular weight is 309 g/mol. The molecular formula is C15H21BrN2. The van der Waals surface area contributed by atoms with Crippen LogP contribution in [0, 0.1) is 18.8 Å². The van der Waals surface area contributed by atoms with E-state index >= 15 is 0 Å². The van der Waals surface area contributed by atoms with Gasteiger partial charge in [-0.15, -0.1) is 0 Å². The molecule has 98 valence electrons. The fourth-order valence-electron chi connectivity index (χ4n) is 3.55. The van der Waals surface area contributed by atoms with Crippen molar-refractivity contribution in [3.63, 3.8) is 0 Å². The molecule has 1 aromatic heterocycles. The number of anilines is 1. The first-order valence-electron chi connectivity index (χ1n) is 7.11. The Morgan fingerprint density at radius 3 is 2.78 bits per heavy atom. The maximum Gasteiger partial charge on any atom is 0.142 e. The molecule has 0 N–H and O–H groups in total. The van der Waals surface area contributed by atoms with E-state index in [9.17, 15) is 0 Å². The summed E-state index contributed by atoms with van der Waals surface area (Å²) in [6, 6.07) is 2.18. The second-order valence-electron chi connectivity index (χ2n) is 5.86. The molecule has 1 saturated heterocycles. The van der Waals surface area contributed by atoms with Crippen molar-refractivity contribution >= 4 is 21.7 Å². The van der Waals surface area contributed by atoms with Gasteiger partial charge in [0.2, 0.25) is 0 Å². The molecule has 0 radical (unpaired) electrons. The molecule has 2 unspecified atom stereocenters. The van der Waals surface area contributed by atoms with E-state index in [1.807, 2.05) is 6.20 Å². The monoisotopic (exact) mass is 308 g/mol. The van der Waals surface area contributed by atoms with E-state index in [1.165, 1.54) is 50.8 Å². The lowest BCUT2D eigenvalue weighted by atomic mass is 9.75. The van der Waals surface area contributed by atoms with Gasteiger partial charge in [-0.1, -0.05) is 19.3 Å². The largest absolute Gasteiger partial charge is 0.355 e. The van der Waals surface area contributed by atoms with Crippen LogP contribution < -0.4 is 4.90 Å². The molecule has 2 aliphatic rings. The van der Waals surface area contributed by atoms with E-state index < -0.39 is 0 Å². The predicted octanol–water partition coefficient (Wildman–Crippen LogP) is 4.17. The van der Waals surface area contributed by atoms with Gasteiger partial charge in [-0.3, -0.25) is 0 Å². The van der Waals surface area contributed by atoms with Crippen LogP contribution in [0.3, 0.4) is 0 Å². The van der Waals surface area contributed by atoms with Gasteiger partial charge in [-0.25, -0.2) is 4.98 Å². The lowest BCUT2D eigenvalue weighted by Gasteiger charge is -2.42. The Labute approximate surface area is 118 Å². The Morgan fingerprint density at radius 2 is 2.00 bits per heavy atom. The first-order chi connectivity index (χ1) is 8.74.